The molecule has 1 atom stereocenters. The predicted molar refractivity (Wildman–Crippen MR) is 83.0 cm³/mol. The van der Waals surface area contributed by atoms with Gasteiger partial charge in [0, 0.05) is 21.7 Å². The highest BCUT2D eigenvalue weighted by atomic mass is 35.5. The van der Waals surface area contributed by atoms with Crippen molar-refractivity contribution >= 4 is 29.3 Å². The van der Waals surface area contributed by atoms with E-state index in [0.29, 0.717) is 17.7 Å². The van der Waals surface area contributed by atoms with E-state index in [1.165, 1.54) is 0 Å². The molecule has 0 bridgehead atoms. The lowest BCUT2D eigenvalue weighted by molar-refractivity contribution is -0.124. The number of nitrogens with two attached hydrogens (primary N) is 1. The molecule has 0 saturated heterocycles. The molecule has 0 radical (unpaired) electrons. The Balaban J connectivity index is 1.73. The predicted octanol–water partition coefficient (Wildman–Crippen LogP) is 2.82. The van der Waals surface area contributed by atoms with Crippen molar-refractivity contribution in [3.8, 4) is 0 Å². The molecular formula is C15H19ClN2OS. The summed E-state index contributed by atoms with van der Waals surface area (Å²) >= 11 is 7.67. The highest BCUT2D eigenvalue weighted by molar-refractivity contribution is 7.99. The van der Waals surface area contributed by atoms with Gasteiger partial charge >= 0.3 is 0 Å². The molecule has 3 nitrogen and oxygen atoms in total. The van der Waals surface area contributed by atoms with Crippen LogP contribution in [0.5, 0.6) is 0 Å². The fraction of sp³-hybridized carbons (Fsp3) is 0.533. The van der Waals surface area contributed by atoms with Crippen molar-refractivity contribution in [1.82, 2.24) is 5.32 Å². The maximum atomic E-state index is 12.1. The van der Waals surface area contributed by atoms with E-state index < -0.39 is 5.54 Å². The molecule has 0 aromatic heterocycles. The first-order valence-electron chi connectivity index (χ1n) is 7.06. The van der Waals surface area contributed by atoms with Crippen LogP contribution in [-0.4, -0.2) is 23.2 Å². The summed E-state index contributed by atoms with van der Waals surface area (Å²) in [6.07, 6.45) is 4.50. The van der Waals surface area contributed by atoms with Crippen molar-refractivity contribution in [2.24, 2.45) is 11.7 Å². The highest BCUT2D eigenvalue weighted by Crippen LogP contribution is 2.44. The van der Waals surface area contributed by atoms with Gasteiger partial charge in [0.05, 0.1) is 0 Å². The van der Waals surface area contributed by atoms with Crippen LogP contribution in [0.2, 0.25) is 5.02 Å². The monoisotopic (exact) mass is 310 g/mol. The Morgan fingerprint density at radius 3 is 2.70 bits per heavy atom. The van der Waals surface area contributed by atoms with E-state index in [2.05, 4.69) is 5.32 Å². The number of nitrogens with one attached hydrogen (secondary N) is 1. The van der Waals surface area contributed by atoms with Crippen LogP contribution in [0.1, 0.15) is 25.7 Å². The number of halogens is 1. The van der Waals surface area contributed by atoms with Crippen LogP contribution in [0.15, 0.2) is 29.2 Å². The molecule has 0 spiro atoms. The molecular weight excluding hydrogens is 292 g/mol. The van der Waals surface area contributed by atoms with Crippen molar-refractivity contribution < 1.29 is 4.79 Å². The maximum absolute atomic E-state index is 12.1. The van der Waals surface area contributed by atoms with Crippen molar-refractivity contribution in [3.63, 3.8) is 0 Å². The summed E-state index contributed by atoms with van der Waals surface area (Å²) in [5.41, 5.74) is 5.19. The van der Waals surface area contributed by atoms with E-state index in [4.69, 9.17) is 17.3 Å². The molecule has 2 fully saturated rings. The minimum atomic E-state index is -0.547. The van der Waals surface area contributed by atoms with Gasteiger partial charge in [-0.25, -0.2) is 0 Å². The first-order valence-corrected chi connectivity index (χ1v) is 8.42. The first kappa shape index (κ1) is 14.2. The number of carbonyl (C=O) groups excluding carboxylic acids is 1. The topological polar surface area (TPSA) is 55.1 Å². The number of rotatable bonds is 7. The molecule has 2 saturated carbocycles. The van der Waals surface area contributed by atoms with Gasteiger partial charge in [0.2, 0.25) is 5.91 Å². The number of benzene rings is 1. The second-order valence-electron chi connectivity index (χ2n) is 5.77. The van der Waals surface area contributed by atoms with Crippen molar-refractivity contribution in [1.29, 1.82) is 0 Å². The number of hydrogen-bond donors (Lipinski definition) is 2. The molecule has 3 N–H and O–H groups in total. The Morgan fingerprint density at radius 1 is 1.40 bits per heavy atom. The minimum absolute atomic E-state index is 0.207. The van der Waals surface area contributed by atoms with Gasteiger partial charge in [-0.15, -0.1) is 11.8 Å². The standard InChI is InChI=1S/C15H19ClN2OS/c16-11-2-1-3-13(8-11)20-9-15(14(17)19,10-4-5-10)18-12-6-7-12/h1-3,8,10,12,18H,4-7,9H2,(H2,17,19). The van der Waals surface area contributed by atoms with Crippen LogP contribution in [0.25, 0.3) is 0 Å². The molecule has 108 valence electrons. The Morgan fingerprint density at radius 2 is 2.15 bits per heavy atom. The first-order chi connectivity index (χ1) is 9.60. The molecule has 2 aliphatic carbocycles. The molecule has 2 aliphatic rings. The van der Waals surface area contributed by atoms with Crippen LogP contribution in [-0.2, 0) is 4.79 Å². The van der Waals surface area contributed by atoms with E-state index in [0.717, 1.165) is 35.6 Å². The Bertz CT molecular complexity index is 516. The third-order valence-electron chi connectivity index (χ3n) is 4.02. The summed E-state index contributed by atoms with van der Waals surface area (Å²) in [6.45, 7) is 0. The molecule has 1 unspecified atom stereocenters. The van der Waals surface area contributed by atoms with Gasteiger partial charge in [-0.05, 0) is 49.8 Å². The number of amides is 1. The maximum Gasteiger partial charge on any atom is 0.238 e. The Kier molecular flexibility index (Phi) is 3.98. The van der Waals surface area contributed by atoms with Gasteiger partial charge in [0.1, 0.15) is 5.54 Å². The lowest BCUT2D eigenvalue weighted by Crippen LogP contribution is -2.60. The number of carbonyl (C=O) groups is 1. The summed E-state index contributed by atoms with van der Waals surface area (Å²) in [6, 6.07) is 8.22. The average Bonchev–Trinajstić information content (AvgIpc) is 3.26. The van der Waals surface area contributed by atoms with Crippen LogP contribution >= 0.6 is 23.4 Å². The molecule has 5 heteroatoms. The summed E-state index contributed by atoms with van der Waals surface area (Å²) < 4.78 is 0. The van der Waals surface area contributed by atoms with Gasteiger partial charge in [-0.1, -0.05) is 17.7 Å². The molecule has 1 aromatic rings. The number of hydrogen-bond acceptors (Lipinski definition) is 3. The quantitative estimate of drug-likeness (QED) is 0.761. The molecule has 3 rings (SSSR count). The average molecular weight is 311 g/mol. The van der Waals surface area contributed by atoms with E-state index >= 15 is 0 Å². The molecule has 20 heavy (non-hydrogen) atoms. The third kappa shape index (κ3) is 3.13. The van der Waals surface area contributed by atoms with Crippen LogP contribution < -0.4 is 11.1 Å². The zero-order valence-electron chi connectivity index (χ0n) is 11.3. The molecule has 1 amide bonds. The van der Waals surface area contributed by atoms with Crippen molar-refractivity contribution in [2.45, 2.75) is 42.2 Å². The summed E-state index contributed by atoms with van der Waals surface area (Å²) in [4.78, 5) is 13.2. The van der Waals surface area contributed by atoms with Crippen molar-refractivity contribution in [3.05, 3.63) is 29.3 Å². The molecule has 0 aliphatic heterocycles. The Hall–Kier alpha value is -0.710. The van der Waals surface area contributed by atoms with Crippen LogP contribution in [0, 0.1) is 5.92 Å². The van der Waals surface area contributed by atoms with Gasteiger partial charge in [0.25, 0.3) is 0 Å². The Labute approximate surface area is 128 Å². The summed E-state index contributed by atoms with van der Waals surface area (Å²) in [5, 5.41) is 4.25. The number of primary amides is 1. The van der Waals surface area contributed by atoms with Gasteiger partial charge < -0.3 is 5.73 Å². The fourth-order valence-electron chi connectivity index (χ4n) is 2.54. The normalized spacial score (nSPS) is 21.4. The van der Waals surface area contributed by atoms with Crippen LogP contribution in [0.4, 0.5) is 0 Å². The van der Waals surface area contributed by atoms with E-state index in [1.54, 1.807) is 11.8 Å². The second-order valence-corrected chi connectivity index (χ2v) is 7.26. The zero-order valence-corrected chi connectivity index (χ0v) is 12.8. The van der Waals surface area contributed by atoms with Crippen LogP contribution in [0.3, 0.4) is 0 Å². The SMILES string of the molecule is NC(=O)C(CSc1cccc(Cl)c1)(NC1CC1)C1CC1. The van der Waals surface area contributed by atoms with E-state index in [9.17, 15) is 4.79 Å². The number of thioether (sulfide) groups is 1. The lowest BCUT2D eigenvalue weighted by atomic mass is 9.94. The van der Waals surface area contributed by atoms with Crippen molar-refractivity contribution in [2.75, 3.05) is 5.75 Å². The largest absolute Gasteiger partial charge is 0.368 e. The van der Waals surface area contributed by atoms with E-state index in [-0.39, 0.29) is 5.91 Å². The molecule has 0 heterocycles. The molecule has 1 aromatic carbocycles. The van der Waals surface area contributed by atoms with Gasteiger partial charge in [-0.3, -0.25) is 10.1 Å². The summed E-state index contributed by atoms with van der Waals surface area (Å²) in [5.74, 6) is 0.873. The van der Waals surface area contributed by atoms with Gasteiger partial charge in [0.15, 0.2) is 0 Å². The smallest absolute Gasteiger partial charge is 0.238 e. The fourth-order valence-corrected chi connectivity index (χ4v) is 4.04. The minimum Gasteiger partial charge on any atom is -0.368 e. The summed E-state index contributed by atoms with van der Waals surface area (Å²) in [7, 11) is 0. The lowest BCUT2D eigenvalue weighted by Gasteiger charge is -2.32. The third-order valence-corrected chi connectivity index (χ3v) is 5.44. The highest BCUT2D eigenvalue weighted by Gasteiger charge is 2.51. The van der Waals surface area contributed by atoms with E-state index in [1.807, 2.05) is 24.3 Å². The second kappa shape index (κ2) is 5.58. The zero-order chi connectivity index (χ0) is 14.2. The van der Waals surface area contributed by atoms with Gasteiger partial charge in [-0.2, -0.15) is 0 Å².